The average molecular weight is 340 g/mol. The Hall–Kier alpha value is -0.730. The van der Waals surface area contributed by atoms with Crippen molar-refractivity contribution >= 4 is 5.78 Å². The Bertz CT molecular complexity index is 431. The first-order chi connectivity index (χ1) is 10.8. The van der Waals surface area contributed by atoms with Crippen molar-refractivity contribution in [3.05, 3.63) is 0 Å². The van der Waals surface area contributed by atoms with E-state index < -0.39 is 74.3 Å². The van der Waals surface area contributed by atoms with E-state index in [0.717, 1.165) is 0 Å². The zero-order chi connectivity index (χ0) is 17.4. The molecule has 2 aliphatic heterocycles. The third-order valence-corrected chi connectivity index (χ3v) is 3.93. The number of Topliss-reactive ketones (excluding diaryl/α,β-unsaturated/α-hetero) is 1. The second kappa shape index (κ2) is 7.03. The van der Waals surface area contributed by atoms with Gasteiger partial charge in [-0.05, 0) is 0 Å². The maximum absolute atomic E-state index is 11.9. The Balaban J connectivity index is 2.24. The Morgan fingerprint density at radius 1 is 1.00 bits per heavy atom. The summed E-state index contributed by atoms with van der Waals surface area (Å²) in [4.78, 5) is 11.9. The monoisotopic (exact) mass is 340 g/mol. The molecule has 7 N–H and O–H groups in total. The third-order valence-electron chi connectivity index (χ3n) is 3.93. The molecular formula is C12H20O11. The van der Waals surface area contributed by atoms with Crippen LogP contribution in [0.4, 0.5) is 0 Å². The normalized spacial score (nSPS) is 48.0. The fourth-order valence-electron chi connectivity index (χ4n) is 2.58. The molecule has 0 saturated carbocycles. The van der Waals surface area contributed by atoms with Gasteiger partial charge in [0, 0.05) is 0 Å². The molecule has 2 aliphatic rings. The van der Waals surface area contributed by atoms with E-state index in [-0.39, 0.29) is 0 Å². The van der Waals surface area contributed by atoms with Gasteiger partial charge < -0.3 is 50.0 Å². The lowest BCUT2D eigenvalue weighted by atomic mass is 9.99. The van der Waals surface area contributed by atoms with Crippen molar-refractivity contribution < 1.29 is 54.8 Å². The lowest BCUT2D eigenvalue weighted by Gasteiger charge is -2.40. The fraction of sp³-hybridized carbons (Fsp3) is 0.917. The smallest absolute Gasteiger partial charge is 0.222 e. The molecule has 134 valence electrons. The third kappa shape index (κ3) is 3.13. The number of rotatable bonds is 5. The van der Waals surface area contributed by atoms with Gasteiger partial charge >= 0.3 is 0 Å². The Labute approximate surface area is 130 Å². The second-order valence-electron chi connectivity index (χ2n) is 5.39. The molecule has 11 nitrogen and oxygen atoms in total. The summed E-state index contributed by atoms with van der Waals surface area (Å²) in [5.74, 6) is -3.42. The number of aliphatic hydroxyl groups excluding tert-OH is 7. The Kier molecular flexibility index (Phi) is 5.68. The minimum Gasteiger partial charge on any atom is -0.394 e. The maximum Gasteiger partial charge on any atom is 0.222 e. The summed E-state index contributed by atoms with van der Waals surface area (Å²) in [6, 6.07) is 0. The van der Waals surface area contributed by atoms with Crippen LogP contribution in [0, 0.1) is 0 Å². The molecule has 0 aliphatic carbocycles. The minimum atomic E-state index is -2.30. The molecule has 0 radical (unpaired) electrons. The van der Waals surface area contributed by atoms with Crippen LogP contribution in [-0.2, 0) is 19.0 Å². The second-order valence-corrected chi connectivity index (χ2v) is 5.39. The van der Waals surface area contributed by atoms with Crippen LogP contribution >= 0.6 is 0 Å². The van der Waals surface area contributed by atoms with E-state index in [0.29, 0.717) is 0 Å². The topological polar surface area (TPSA) is 186 Å². The van der Waals surface area contributed by atoms with Gasteiger partial charge in [-0.25, -0.2) is 0 Å². The van der Waals surface area contributed by atoms with E-state index in [9.17, 15) is 30.3 Å². The summed E-state index contributed by atoms with van der Waals surface area (Å²) in [5, 5.41) is 66.8. The van der Waals surface area contributed by atoms with Crippen molar-refractivity contribution in [1.82, 2.24) is 0 Å². The van der Waals surface area contributed by atoms with Crippen LogP contribution in [0.15, 0.2) is 0 Å². The molecule has 0 aromatic carbocycles. The molecule has 2 fully saturated rings. The predicted molar refractivity (Wildman–Crippen MR) is 67.6 cm³/mol. The van der Waals surface area contributed by atoms with Crippen molar-refractivity contribution in [2.24, 2.45) is 0 Å². The number of hydrogen-bond acceptors (Lipinski definition) is 11. The molecule has 23 heavy (non-hydrogen) atoms. The van der Waals surface area contributed by atoms with Gasteiger partial charge in [-0.15, -0.1) is 0 Å². The van der Waals surface area contributed by atoms with Crippen molar-refractivity contribution in [3.8, 4) is 0 Å². The Morgan fingerprint density at radius 2 is 1.61 bits per heavy atom. The highest BCUT2D eigenvalue weighted by Crippen LogP contribution is 2.35. The molecule has 2 rings (SSSR count). The molecule has 0 amide bonds. The fourth-order valence-corrected chi connectivity index (χ4v) is 2.58. The molecule has 8 atom stereocenters. The molecule has 0 spiro atoms. The van der Waals surface area contributed by atoms with Gasteiger partial charge in [-0.2, -0.15) is 0 Å². The number of carbonyl (C=O) groups is 1. The van der Waals surface area contributed by atoms with Gasteiger partial charge in [0.2, 0.25) is 17.9 Å². The van der Waals surface area contributed by atoms with Crippen LogP contribution < -0.4 is 0 Å². The first-order valence-electron chi connectivity index (χ1n) is 6.91. The highest BCUT2D eigenvalue weighted by atomic mass is 16.8. The van der Waals surface area contributed by atoms with Gasteiger partial charge in [0.05, 0.1) is 13.2 Å². The van der Waals surface area contributed by atoms with Gasteiger partial charge in [-0.1, -0.05) is 0 Å². The molecular weight excluding hydrogens is 320 g/mol. The standard InChI is InChI=1S/C12H20O11/c13-1-4-6(16)9(8(18)11(20)21-4)23-12(3-15)10(19)7(17)5(2-14)22-12/h4-7,9-11,13-17,19-20H,1-3H2/t4-,5-,6-,7-,9+,10+,11+,12+/m1/s1. The molecule has 11 heteroatoms. The first kappa shape index (κ1) is 18.6. The van der Waals surface area contributed by atoms with Crippen LogP contribution in [0.2, 0.25) is 0 Å². The highest BCUT2D eigenvalue weighted by Gasteiger charge is 2.58. The van der Waals surface area contributed by atoms with Crippen molar-refractivity contribution in [2.45, 2.75) is 48.7 Å². The highest BCUT2D eigenvalue weighted by molar-refractivity contribution is 5.87. The molecule has 0 aromatic heterocycles. The zero-order valence-electron chi connectivity index (χ0n) is 11.9. The predicted octanol–water partition coefficient (Wildman–Crippen LogP) is -5.19. The number of ether oxygens (including phenoxy) is 3. The van der Waals surface area contributed by atoms with E-state index in [1.807, 2.05) is 0 Å². The quantitative estimate of drug-likeness (QED) is 0.253. The van der Waals surface area contributed by atoms with Gasteiger partial charge in [0.1, 0.15) is 37.1 Å². The number of aliphatic hydroxyl groups is 7. The summed E-state index contributed by atoms with van der Waals surface area (Å²) in [5.41, 5.74) is 0. The molecule has 2 saturated heterocycles. The average Bonchev–Trinajstić information content (AvgIpc) is 2.80. The Morgan fingerprint density at radius 3 is 2.09 bits per heavy atom. The summed E-state index contributed by atoms with van der Waals surface area (Å²) in [6.45, 7) is -2.45. The van der Waals surface area contributed by atoms with E-state index in [2.05, 4.69) is 4.74 Å². The number of ketones is 1. The van der Waals surface area contributed by atoms with Crippen molar-refractivity contribution in [3.63, 3.8) is 0 Å². The lowest BCUT2D eigenvalue weighted by molar-refractivity contribution is -0.318. The van der Waals surface area contributed by atoms with Gasteiger partial charge in [0.25, 0.3) is 0 Å². The number of carbonyl (C=O) groups excluding carboxylic acids is 1. The molecule has 2 heterocycles. The van der Waals surface area contributed by atoms with Crippen LogP contribution in [0.3, 0.4) is 0 Å². The maximum atomic E-state index is 11.9. The van der Waals surface area contributed by atoms with Crippen LogP contribution in [-0.4, -0.2) is 110 Å². The number of hydrogen-bond donors (Lipinski definition) is 7. The van der Waals surface area contributed by atoms with Gasteiger partial charge in [0.15, 0.2) is 6.10 Å². The van der Waals surface area contributed by atoms with Gasteiger partial charge in [-0.3, -0.25) is 4.79 Å². The summed E-state index contributed by atoms with van der Waals surface area (Å²) in [7, 11) is 0. The van der Waals surface area contributed by atoms with Crippen molar-refractivity contribution in [1.29, 1.82) is 0 Å². The molecule has 0 unspecified atom stereocenters. The lowest BCUT2D eigenvalue weighted by Crippen LogP contribution is -2.62. The van der Waals surface area contributed by atoms with Crippen LogP contribution in [0.1, 0.15) is 0 Å². The molecule has 0 aromatic rings. The SMILES string of the molecule is O=C1[C@@H](O[C@]2(CO)O[C@H](CO)[C@@H](O)[C@@H]2O)[C@H](O)[C@@H](CO)O[C@@H]1O. The van der Waals surface area contributed by atoms with Crippen molar-refractivity contribution in [2.75, 3.05) is 19.8 Å². The zero-order valence-corrected chi connectivity index (χ0v) is 11.9. The largest absolute Gasteiger partial charge is 0.394 e. The summed E-state index contributed by atoms with van der Waals surface area (Å²) >= 11 is 0. The van der Waals surface area contributed by atoms with Crippen LogP contribution in [0.25, 0.3) is 0 Å². The van der Waals surface area contributed by atoms with E-state index in [4.69, 9.17) is 19.7 Å². The van der Waals surface area contributed by atoms with E-state index in [1.54, 1.807) is 0 Å². The summed E-state index contributed by atoms with van der Waals surface area (Å²) < 4.78 is 15.0. The van der Waals surface area contributed by atoms with E-state index >= 15 is 0 Å². The summed E-state index contributed by atoms with van der Waals surface area (Å²) in [6.07, 6.45) is -11.6. The molecule has 0 bridgehead atoms. The van der Waals surface area contributed by atoms with E-state index in [1.165, 1.54) is 0 Å². The van der Waals surface area contributed by atoms with Crippen LogP contribution in [0.5, 0.6) is 0 Å². The first-order valence-corrected chi connectivity index (χ1v) is 6.91. The minimum absolute atomic E-state index is 0.699.